The number of carbonyl (C=O) groups excluding carboxylic acids is 1. The van der Waals surface area contributed by atoms with Crippen molar-refractivity contribution in [1.82, 2.24) is 9.80 Å². The van der Waals surface area contributed by atoms with E-state index >= 15 is 0 Å². The van der Waals surface area contributed by atoms with Crippen LogP contribution in [-0.2, 0) is 4.79 Å². The molecule has 0 atom stereocenters. The maximum absolute atomic E-state index is 13.3. The Morgan fingerprint density at radius 2 is 1.09 bits per heavy atom. The highest BCUT2D eigenvalue weighted by Gasteiger charge is 2.29. The lowest BCUT2D eigenvalue weighted by atomic mass is 10.1. The summed E-state index contributed by atoms with van der Waals surface area (Å²) in [7, 11) is 0. The predicted octanol–water partition coefficient (Wildman–Crippen LogP) is 6.21. The molecule has 35 heavy (non-hydrogen) atoms. The Morgan fingerprint density at radius 3 is 1.51 bits per heavy atom. The number of benzene rings is 2. The Balaban J connectivity index is 1.16. The molecule has 0 unspecified atom stereocenters. The Labute approximate surface area is 226 Å². The van der Waals surface area contributed by atoms with Crippen molar-refractivity contribution < 1.29 is 4.79 Å². The summed E-state index contributed by atoms with van der Waals surface area (Å²) in [5.41, 5.74) is 4.83. The van der Waals surface area contributed by atoms with Gasteiger partial charge in [0.1, 0.15) is 0 Å². The highest BCUT2D eigenvalue weighted by molar-refractivity contribution is 6.42. The normalized spacial score (nSPS) is 18.2. The summed E-state index contributed by atoms with van der Waals surface area (Å²) in [6.07, 6.45) is 2.72. The fraction of sp³-hybridized carbons (Fsp3) is 0.423. The van der Waals surface area contributed by atoms with E-state index in [9.17, 15) is 4.79 Å². The fourth-order valence-electron chi connectivity index (χ4n) is 4.88. The maximum Gasteiger partial charge on any atom is 0.228 e. The van der Waals surface area contributed by atoms with Gasteiger partial charge in [-0.15, -0.1) is 0 Å². The van der Waals surface area contributed by atoms with Crippen molar-refractivity contribution in [2.75, 3.05) is 62.2 Å². The Morgan fingerprint density at radius 1 is 0.629 bits per heavy atom. The molecule has 5 nitrogen and oxygen atoms in total. The van der Waals surface area contributed by atoms with E-state index in [0.717, 1.165) is 63.5 Å². The van der Waals surface area contributed by atoms with Crippen molar-refractivity contribution in [2.45, 2.75) is 19.3 Å². The van der Waals surface area contributed by atoms with Crippen molar-refractivity contribution in [2.24, 2.45) is 0 Å². The smallest absolute Gasteiger partial charge is 0.228 e. The second-order valence-electron chi connectivity index (χ2n) is 9.27. The third-order valence-corrected chi connectivity index (χ3v) is 8.54. The van der Waals surface area contributed by atoms with Crippen molar-refractivity contribution >= 4 is 63.7 Å². The third-order valence-electron chi connectivity index (χ3n) is 7.06. The molecule has 186 valence electrons. The highest BCUT2D eigenvalue weighted by atomic mass is 35.5. The van der Waals surface area contributed by atoms with Gasteiger partial charge in [0.05, 0.1) is 26.5 Å². The fourth-order valence-corrected chi connectivity index (χ4v) is 5.46. The predicted molar refractivity (Wildman–Crippen MR) is 146 cm³/mol. The van der Waals surface area contributed by atoms with Gasteiger partial charge in [-0.2, -0.15) is 0 Å². The van der Waals surface area contributed by atoms with Crippen LogP contribution in [0.1, 0.15) is 19.3 Å². The zero-order chi connectivity index (χ0) is 24.5. The average Bonchev–Trinajstić information content (AvgIpc) is 3.71. The van der Waals surface area contributed by atoms with E-state index in [2.05, 4.69) is 14.7 Å². The molecule has 2 aromatic carbocycles. The number of nitrogens with zero attached hydrogens (tertiary/aromatic N) is 4. The lowest BCUT2D eigenvalue weighted by molar-refractivity contribution is -0.131. The lowest BCUT2D eigenvalue weighted by Crippen LogP contribution is -2.50. The number of hydrogen-bond donors (Lipinski definition) is 0. The molecule has 2 heterocycles. The van der Waals surface area contributed by atoms with Crippen molar-refractivity contribution in [1.29, 1.82) is 0 Å². The van der Waals surface area contributed by atoms with Gasteiger partial charge in [0.25, 0.3) is 0 Å². The number of allylic oxidation sites excluding steroid dienone is 1. The average molecular weight is 554 g/mol. The van der Waals surface area contributed by atoms with Gasteiger partial charge >= 0.3 is 0 Å². The highest BCUT2D eigenvalue weighted by Crippen LogP contribution is 2.36. The second-order valence-corrected chi connectivity index (χ2v) is 10.9. The van der Waals surface area contributed by atoms with Crippen LogP contribution in [0.15, 0.2) is 47.7 Å². The minimum absolute atomic E-state index is 0.222. The van der Waals surface area contributed by atoms with Gasteiger partial charge in [-0.1, -0.05) is 46.4 Å². The van der Waals surface area contributed by atoms with Crippen molar-refractivity contribution in [3.63, 3.8) is 0 Å². The topological polar surface area (TPSA) is 30.0 Å². The molecule has 2 aromatic rings. The zero-order valence-corrected chi connectivity index (χ0v) is 22.5. The molecular weight excluding hydrogens is 526 g/mol. The second kappa shape index (κ2) is 10.7. The summed E-state index contributed by atoms with van der Waals surface area (Å²) in [4.78, 5) is 22.3. The molecular formula is C26H28Cl4N4O. The first-order valence-electron chi connectivity index (χ1n) is 12.0. The Kier molecular flexibility index (Phi) is 7.59. The van der Waals surface area contributed by atoms with Crippen LogP contribution >= 0.6 is 46.4 Å². The van der Waals surface area contributed by atoms with E-state index in [1.807, 2.05) is 41.3 Å². The minimum atomic E-state index is 0.222. The van der Waals surface area contributed by atoms with Gasteiger partial charge in [-0.05, 0) is 54.8 Å². The van der Waals surface area contributed by atoms with E-state index in [-0.39, 0.29) is 5.91 Å². The van der Waals surface area contributed by atoms with Crippen LogP contribution < -0.4 is 9.80 Å². The van der Waals surface area contributed by atoms with Crippen LogP contribution in [0, 0.1) is 0 Å². The molecule has 2 aliphatic heterocycles. The number of hydrogen-bond acceptors (Lipinski definition) is 4. The van der Waals surface area contributed by atoms with Crippen LogP contribution in [-0.4, -0.2) is 68.1 Å². The van der Waals surface area contributed by atoms with E-state index < -0.39 is 0 Å². The summed E-state index contributed by atoms with van der Waals surface area (Å²) in [6.45, 7) is 6.60. The van der Waals surface area contributed by atoms with E-state index in [1.165, 1.54) is 11.3 Å². The monoisotopic (exact) mass is 552 g/mol. The van der Waals surface area contributed by atoms with Gasteiger partial charge in [-0.25, -0.2) is 0 Å². The Hall–Kier alpha value is -1.79. The van der Waals surface area contributed by atoms with E-state index in [4.69, 9.17) is 46.4 Å². The van der Waals surface area contributed by atoms with Gasteiger partial charge in [0.2, 0.25) is 5.91 Å². The first-order chi connectivity index (χ1) is 16.9. The van der Waals surface area contributed by atoms with E-state index in [0.29, 0.717) is 39.6 Å². The van der Waals surface area contributed by atoms with Gasteiger partial charge in [0.15, 0.2) is 0 Å². The molecule has 9 heteroatoms. The summed E-state index contributed by atoms with van der Waals surface area (Å²) in [5, 5.41) is 2.27. The standard InChI is InChI=1S/C26H28Cl4N4O/c27-21-5-3-19(15-23(21)29)31-7-11-33(12-8-31)25(18-1-2-18)17-26(35)34-13-9-32(10-14-34)20-4-6-22(28)24(30)16-20/h3-6,15-16H,1-2,7-14,17H2. The summed E-state index contributed by atoms with van der Waals surface area (Å²) < 4.78 is 0. The largest absolute Gasteiger partial charge is 0.371 e. The third kappa shape index (κ3) is 5.80. The molecule has 2 saturated heterocycles. The van der Waals surface area contributed by atoms with Crippen molar-refractivity contribution in [3.05, 3.63) is 67.8 Å². The van der Waals surface area contributed by atoms with Crippen LogP contribution in [0.4, 0.5) is 11.4 Å². The summed E-state index contributed by atoms with van der Waals surface area (Å²) in [5.74, 6) is 0.222. The van der Waals surface area contributed by atoms with Gasteiger partial charge in [-0.3, -0.25) is 4.79 Å². The quantitative estimate of drug-likeness (QED) is 0.440. The van der Waals surface area contributed by atoms with Crippen LogP contribution in [0.25, 0.3) is 0 Å². The van der Waals surface area contributed by atoms with Crippen LogP contribution in [0.2, 0.25) is 20.1 Å². The summed E-state index contributed by atoms with van der Waals surface area (Å²) in [6, 6.07) is 11.5. The van der Waals surface area contributed by atoms with Crippen LogP contribution in [0.3, 0.4) is 0 Å². The molecule has 1 saturated carbocycles. The molecule has 1 amide bonds. The van der Waals surface area contributed by atoms with Gasteiger partial charge < -0.3 is 19.6 Å². The molecule has 0 radical (unpaired) electrons. The zero-order valence-electron chi connectivity index (χ0n) is 19.5. The lowest BCUT2D eigenvalue weighted by Gasteiger charge is -2.40. The Bertz CT molecular complexity index is 1130. The summed E-state index contributed by atoms with van der Waals surface area (Å²) >= 11 is 24.5. The molecule has 1 aliphatic carbocycles. The molecule has 3 aliphatic rings. The SMILES string of the molecule is O=C(CC(=C1CC1)N1CCN(c2ccc(Cl)c(Cl)c2)CC1)N1CCN(c2ccc(Cl)c(Cl)c2)CC1. The molecule has 0 aromatic heterocycles. The minimum Gasteiger partial charge on any atom is -0.371 e. The molecule has 3 fully saturated rings. The number of carbonyl (C=O) groups is 1. The first-order valence-corrected chi connectivity index (χ1v) is 13.5. The van der Waals surface area contributed by atoms with E-state index in [1.54, 1.807) is 0 Å². The maximum atomic E-state index is 13.3. The molecule has 0 spiro atoms. The number of anilines is 2. The molecule has 0 bridgehead atoms. The molecule has 5 rings (SSSR count). The number of piperazine rings is 2. The number of rotatable bonds is 5. The first kappa shape index (κ1) is 24.9. The number of amides is 1. The van der Waals surface area contributed by atoms with Gasteiger partial charge in [0, 0.05) is 69.4 Å². The molecule has 0 N–H and O–H groups in total. The van der Waals surface area contributed by atoms with Crippen LogP contribution in [0.5, 0.6) is 0 Å². The number of halogens is 4. The van der Waals surface area contributed by atoms with Crippen molar-refractivity contribution in [3.8, 4) is 0 Å².